The number of aliphatic hydroxyl groups excluding tert-OH is 1. The molecule has 146 valence electrons. The van der Waals surface area contributed by atoms with Crippen molar-refractivity contribution in [1.29, 1.82) is 0 Å². The number of hydrogen-bond donors (Lipinski definition) is 1. The summed E-state index contributed by atoms with van der Waals surface area (Å²) in [4.78, 5) is 0.147. The molecule has 5 nitrogen and oxygen atoms in total. The van der Waals surface area contributed by atoms with Crippen LogP contribution in [0.15, 0.2) is 83.8 Å². The Bertz CT molecular complexity index is 1010. The number of benzene rings is 3. The predicted octanol–water partition coefficient (Wildman–Crippen LogP) is 4.28. The number of rotatable bonds is 7. The van der Waals surface area contributed by atoms with Gasteiger partial charge in [0, 0.05) is 5.02 Å². The normalized spacial score (nSPS) is 12.4. The summed E-state index contributed by atoms with van der Waals surface area (Å²) in [7, 11) is -2.34. The molecule has 1 atom stereocenters. The first-order chi connectivity index (χ1) is 13.4. The molecule has 0 saturated carbocycles. The molecule has 0 radical (unpaired) electrons. The van der Waals surface area contributed by atoms with Gasteiger partial charge in [-0.15, -0.1) is 0 Å². The Morgan fingerprint density at radius 2 is 1.57 bits per heavy atom. The molecule has 0 aliphatic carbocycles. The van der Waals surface area contributed by atoms with Crippen LogP contribution in [0, 0.1) is 0 Å². The fourth-order valence-corrected chi connectivity index (χ4v) is 4.38. The number of anilines is 1. The molecule has 3 aromatic rings. The van der Waals surface area contributed by atoms with Crippen molar-refractivity contribution in [1.82, 2.24) is 0 Å². The second kappa shape index (κ2) is 8.65. The van der Waals surface area contributed by atoms with Crippen LogP contribution in [0.25, 0.3) is 0 Å². The first-order valence-corrected chi connectivity index (χ1v) is 10.4. The number of aliphatic hydroxyl groups is 1. The van der Waals surface area contributed by atoms with E-state index < -0.39 is 16.1 Å². The van der Waals surface area contributed by atoms with Crippen molar-refractivity contribution in [2.75, 3.05) is 18.0 Å². The van der Waals surface area contributed by atoms with Gasteiger partial charge in [-0.1, -0.05) is 41.9 Å². The molecule has 3 rings (SSSR count). The van der Waals surface area contributed by atoms with Crippen LogP contribution < -0.4 is 9.04 Å². The van der Waals surface area contributed by atoms with E-state index in [1.807, 2.05) is 0 Å². The standard InChI is InChI=1S/C21H20ClNO4S/c1-27-19-13-11-18(12-14-19)23(28(25,26)20-5-3-2-4-6-20)15-21(24)16-7-9-17(22)10-8-16/h2-14,21,24H,15H2,1H3/t21-/m0/s1. The maximum atomic E-state index is 13.3. The van der Waals surface area contributed by atoms with E-state index in [0.717, 1.165) is 0 Å². The molecule has 28 heavy (non-hydrogen) atoms. The van der Waals surface area contributed by atoms with E-state index in [1.165, 1.54) is 23.5 Å². The van der Waals surface area contributed by atoms with Crippen LogP contribution in [0.4, 0.5) is 5.69 Å². The van der Waals surface area contributed by atoms with Crippen LogP contribution in [0.3, 0.4) is 0 Å². The van der Waals surface area contributed by atoms with Crippen LogP contribution in [0.2, 0.25) is 5.02 Å². The highest BCUT2D eigenvalue weighted by molar-refractivity contribution is 7.92. The summed E-state index contributed by atoms with van der Waals surface area (Å²) in [5.41, 5.74) is 1.00. The molecule has 1 N–H and O–H groups in total. The molecular formula is C21H20ClNO4S. The van der Waals surface area contributed by atoms with E-state index in [-0.39, 0.29) is 11.4 Å². The molecule has 0 spiro atoms. The highest BCUT2D eigenvalue weighted by Gasteiger charge is 2.27. The number of hydrogen-bond acceptors (Lipinski definition) is 4. The van der Waals surface area contributed by atoms with E-state index in [2.05, 4.69) is 0 Å². The molecule has 0 aliphatic heterocycles. The van der Waals surface area contributed by atoms with E-state index >= 15 is 0 Å². The number of halogens is 1. The second-order valence-electron chi connectivity index (χ2n) is 6.11. The summed E-state index contributed by atoms with van der Waals surface area (Å²) < 4.78 is 32.9. The van der Waals surface area contributed by atoms with Gasteiger partial charge in [0.1, 0.15) is 5.75 Å². The summed E-state index contributed by atoms with van der Waals surface area (Å²) in [6, 6.07) is 21.4. The molecule has 0 unspecified atom stereocenters. The fourth-order valence-electron chi connectivity index (χ4n) is 2.76. The Morgan fingerprint density at radius 1 is 0.964 bits per heavy atom. The summed E-state index contributed by atoms with van der Waals surface area (Å²) in [6.45, 7) is -0.148. The molecule has 0 aromatic heterocycles. The summed E-state index contributed by atoms with van der Waals surface area (Å²) in [5.74, 6) is 0.610. The quantitative estimate of drug-likeness (QED) is 0.623. The molecule has 0 heterocycles. The van der Waals surface area contributed by atoms with Gasteiger partial charge in [-0.2, -0.15) is 0 Å². The minimum absolute atomic E-state index is 0.147. The molecule has 7 heteroatoms. The minimum atomic E-state index is -3.88. The van der Waals surface area contributed by atoms with Crippen LogP contribution in [0.1, 0.15) is 11.7 Å². The highest BCUT2D eigenvalue weighted by Crippen LogP contribution is 2.28. The Balaban J connectivity index is 1.99. The Hall–Kier alpha value is -2.54. The van der Waals surface area contributed by atoms with E-state index in [9.17, 15) is 13.5 Å². The molecule has 0 saturated heterocycles. The van der Waals surface area contributed by atoms with Crippen molar-refractivity contribution in [3.8, 4) is 5.75 Å². The van der Waals surface area contributed by atoms with Gasteiger partial charge in [-0.25, -0.2) is 8.42 Å². The van der Waals surface area contributed by atoms with Crippen LogP contribution in [-0.2, 0) is 10.0 Å². The van der Waals surface area contributed by atoms with Crippen molar-refractivity contribution in [3.63, 3.8) is 0 Å². The van der Waals surface area contributed by atoms with Crippen molar-refractivity contribution >= 4 is 27.3 Å². The zero-order chi connectivity index (χ0) is 20.1. The largest absolute Gasteiger partial charge is 0.497 e. The van der Waals surface area contributed by atoms with Gasteiger partial charge in [0.05, 0.1) is 30.3 Å². The van der Waals surface area contributed by atoms with Crippen LogP contribution in [0.5, 0.6) is 5.75 Å². The second-order valence-corrected chi connectivity index (χ2v) is 8.41. The molecular weight excluding hydrogens is 398 g/mol. The topological polar surface area (TPSA) is 66.8 Å². The van der Waals surface area contributed by atoms with Gasteiger partial charge in [0.2, 0.25) is 0 Å². The Kier molecular flexibility index (Phi) is 6.24. The average Bonchev–Trinajstić information content (AvgIpc) is 2.73. The van der Waals surface area contributed by atoms with Crippen molar-refractivity contribution < 1.29 is 18.3 Å². The van der Waals surface area contributed by atoms with Crippen LogP contribution >= 0.6 is 11.6 Å². The third-order valence-corrected chi connectivity index (χ3v) is 6.35. The van der Waals surface area contributed by atoms with Crippen molar-refractivity contribution in [2.24, 2.45) is 0 Å². The lowest BCUT2D eigenvalue weighted by Crippen LogP contribution is -2.35. The maximum absolute atomic E-state index is 13.3. The van der Waals surface area contributed by atoms with Gasteiger partial charge in [0.15, 0.2) is 0 Å². The molecule has 3 aromatic carbocycles. The number of ether oxygens (including phenoxy) is 1. The lowest BCUT2D eigenvalue weighted by atomic mass is 10.1. The van der Waals surface area contributed by atoms with Gasteiger partial charge < -0.3 is 9.84 Å². The highest BCUT2D eigenvalue weighted by atomic mass is 35.5. The lowest BCUT2D eigenvalue weighted by molar-refractivity contribution is 0.187. The molecule has 0 aliphatic rings. The monoisotopic (exact) mass is 417 g/mol. The van der Waals surface area contributed by atoms with Crippen LogP contribution in [-0.4, -0.2) is 27.2 Å². The zero-order valence-electron chi connectivity index (χ0n) is 15.2. The fraction of sp³-hybridized carbons (Fsp3) is 0.143. The van der Waals surface area contributed by atoms with Gasteiger partial charge in [-0.05, 0) is 54.1 Å². The van der Waals surface area contributed by atoms with Gasteiger partial charge in [-0.3, -0.25) is 4.31 Å². The Labute approximate surface area is 169 Å². The third-order valence-electron chi connectivity index (χ3n) is 4.29. The average molecular weight is 418 g/mol. The Morgan fingerprint density at radius 3 is 2.14 bits per heavy atom. The van der Waals surface area contributed by atoms with Crippen molar-refractivity contribution in [2.45, 2.75) is 11.0 Å². The van der Waals surface area contributed by atoms with E-state index in [0.29, 0.717) is 22.0 Å². The first-order valence-electron chi connectivity index (χ1n) is 8.57. The van der Waals surface area contributed by atoms with Crippen molar-refractivity contribution in [3.05, 3.63) is 89.4 Å². The number of sulfonamides is 1. The minimum Gasteiger partial charge on any atom is -0.497 e. The summed E-state index contributed by atoms with van der Waals surface area (Å²) in [5, 5.41) is 11.2. The summed E-state index contributed by atoms with van der Waals surface area (Å²) in [6.07, 6.45) is -1.03. The first kappa shape index (κ1) is 20.2. The zero-order valence-corrected chi connectivity index (χ0v) is 16.8. The maximum Gasteiger partial charge on any atom is 0.264 e. The van der Waals surface area contributed by atoms with Gasteiger partial charge in [0.25, 0.3) is 10.0 Å². The predicted molar refractivity (Wildman–Crippen MR) is 110 cm³/mol. The molecule has 0 fully saturated rings. The lowest BCUT2D eigenvalue weighted by Gasteiger charge is -2.27. The molecule has 0 bridgehead atoms. The van der Waals surface area contributed by atoms with E-state index in [1.54, 1.807) is 66.7 Å². The SMILES string of the molecule is COc1ccc(N(C[C@H](O)c2ccc(Cl)cc2)S(=O)(=O)c2ccccc2)cc1. The number of methoxy groups -OCH3 is 1. The number of nitrogens with zero attached hydrogens (tertiary/aromatic N) is 1. The smallest absolute Gasteiger partial charge is 0.264 e. The molecule has 0 amide bonds. The summed E-state index contributed by atoms with van der Waals surface area (Å²) >= 11 is 5.90. The van der Waals surface area contributed by atoms with Gasteiger partial charge >= 0.3 is 0 Å². The van der Waals surface area contributed by atoms with E-state index in [4.69, 9.17) is 16.3 Å². The third kappa shape index (κ3) is 4.47.